The zero-order valence-corrected chi connectivity index (χ0v) is 12.0. The normalized spacial score (nSPS) is 16.6. The quantitative estimate of drug-likeness (QED) is 0.784. The molecule has 0 saturated heterocycles. The van der Waals surface area contributed by atoms with Crippen LogP contribution < -0.4 is 10.6 Å². The highest BCUT2D eigenvalue weighted by Crippen LogP contribution is 2.35. The first-order valence-electron chi connectivity index (χ1n) is 7.07. The number of amides is 1. The standard InChI is InChI=1S/C14H24N4O/c1-10(2)6-13(14(19)15-3)17-8-12-7-16-9-18(12)11-4-5-11/h7,9-11,13,17H,4-6,8H2,1-3H3,(H,15,19). The smallest absolute Gasteiger partial charge is 0.236 e. The van der Waals surface area contributed by atoms with E-state index in [1.165, 1.54) is 18.5 Å². The lowest BCUT2D eigenvalue weighted by Crippen LogP contribution is -2.43. The topological polar surface area (TPSA) is 59.0 Å². The highest BCUT2D eigenvalue weighted by atomic mass is 16.2. The average Bonchev–Trinajstić information content (AvgIpc) is 3.12. The fourth-order valence-electron chi connectivity index (χ4n) is 2.31. The minimum atomic E-state index is -0.132. The zero-order valence-electron chi connectivity index (χ0n) is 12.0. The maximum absolute atomic E-state index is 11.8. The van der Waals surface area contributed by atoms with E-state index in [0.29, 0.717) is 18.5 Å². The third-order valence-electron chi connectivity index (χ3n) is 3.49. The molecule has 1 aliphatic rings. The third-order valence-corrected chi connectivity index (χ3v) is 3.49. The number of likely N-dealkylation sites (N-methyl/N-ethyl adjacent to an activating group) is 1. The van der Waals surface area contributed by atoms with Crippen molar-refractivity contribution in [2.45, 2.75) is 51.7 Å². The lowest BCUT2D eigenvalue weighted by Gasteiger charge is -2.19. The maximum atomic E-state index is 11.8. The summed E-state index contributed by atoms with van der Waals surface area (Å²) in [6.07, 6.45) is 7.12. The van der Waals surface area contributed by atoms with E-state index in [1.807, 2.05) is 12.5 Å². The molecule has 1 saturated carbocycles. The van der Waals surface area contributed by atoms with Gasteiger partial charge in [-0.3, -0.25) is 4.79 Å². The molecule has 19 heavy (non-hydrogen) atoms. The fourth-order valence-corrected chi connectivity index (χ4v) is 2.31. The summed E-state index contributed by atoms with van der Waals surface area (Å²) >= 11 is 0. The molecular weight excluding hydrogens is 240 g/mol. The Hall–Kier alpha value is -1.36. The van der Waals surface area contributed by atoms with Crippen LogP contribution in [0.25, 0.3) is 0 Å². The minimum absolute atomic E-state index is 0.0613. The summed E-state index contributed by atoms with van der Waals surface area (Å²) in [5.74, 6) is 0.550. The van der Waals surface area contributed by atoms with Crippen LogP contribution in [-0.2, 0) is 11.3 Å². The molecule has 1 fully saturated rings. The Morgan fingerprint density at radius 1 is 1.53 bits per heavy atom. The van der Waals surface area contributed by atoms with E-state index in [4.69, 9.17) is 0 Å². The predicted octanol–water partition coefficient (Wildman–Crippen LogP) is 1.47. The Morgan fingerprint density at radius 3 is 2.84 bits per heavy atom. The van der Waals surface area contributed by atoms with Crippen LogP contribution in [0.3, 0.4) is 0 Å². The molecule has 1 amide bonds. The molecule has 0 bridgehead atoms. The largest absolute Gasteiger partial charge is 0.358 e. The fraction of sp³-hybridized carbons (Fsp3) is 0.714. The summed E-state index contributed by atoms with van der Waals surface area (Å²) in [5.41, 5.74) is 1.17. The second kappa shape index (κ2) is 6.19. The van der Waals surface area contributed by atoms with E-state index >= 15 is 0 Å². The van der Waals surface area contributed by atoms with Gasteiger partial charge in [-0.25, -0.2) is 4.98 Å². The molecule has 2 N–H and O–H groups in total. The number of nitrogens with zero attached hydrogens (tertiary/aromatic N) is 2. The number of aromatic nitrogens is 2. The Balaban J connectivity index is 1.93. The van der Waals surface area contributed by atoms with Crippen LogP contribution in [0.1, 0.15) is 44.8 Å². The Morgan fingerprint density at radius 2 is 2.26 bits per heavy atom. The van der Waals surface area contributed by atoms with Crippen molar-refractivity contribution in [3.8, 4) is 0 Å². The van der Waals surface area contributed by atoms with E-state index < -0.39 is 0 Å². The van der Waals surface area contributed by atoms with Gasteiger partial charge in [-0.15, -0.1) is 0 Å². The number of rotatable bonds is 7. The second-order valence-corrected chi connectivity index (χ2v) is 5.70. The van der Waals surface area contributed by atoms with Crippen molar-refractivity contribution in [1.29, 1.82) is 0 Å². The summed E-state index contributed by atoms with van der Waals surface area (Å²) in [7, 11) is 1.69. The summed E-state index contributed by atoms with van der Waals surface area (Å²) < 4.78 is 2.23. The van der Waals surface area contributed by atoms with Crippen LogP contribution in [0.2, 0.25) is 0 Å². The minimum Gasteiger partial charge on any atom is -0.358 e. The second-order valence-electron chi connectivity index (χ2n) is 5.70. The molecule has 1 aromatic heterocycles. The van der Waals surface area contributed by atoms with Crippen molar-refractivity contribution < 1.29 is 4.79 Å². The molecule has 0 spiro atoms. The highest BCUT2D eigenvalue weighted by molar-refractivity contribution is 5.81. The number of nitrogens with one attached hydrogen (secondary N) is 2. The molecule has 1 aliphatic carbocycles. The molecule has 0 aliphatic heterocycles. The van der Waals surface area contributed by atoms with E-state index in [0.717, 1.165) is 6.42 Å². The van der Waals surface area contributed by atoms with Crippen molar-refractivity contribution in [2.75, 3.05) is 7.05 Å². The first kappa shape index (κ1) is 14.1. The van der Waals surface area contributed by atoms with Crippen LogP contribution in [0, 0.1) is 5.92 Å². The van der Waals surface area contributed by atoms with Crippen LogP contribution in [0.4, 0.5) is 0 Å². The molecule has 1 aromatic rings. The lowest BCUT2D eigenvalue weighted by atomic mass is 10.0. The summed E-state index contributed by atoms with van der Waals surface area (Å²) in [6, 6.07) is 0.496. The molecule has 5 nitrogen and oxygen atoms in total. The van der Waals surface area contributed by atoms with Crippen LogP contribution >= 0.6 is 0 Å². The van der Waals surface area contributed by atoms with Gasteiger partial charge in [0.05, 0.1) is 18.1 Å². The van der Waals surface area contributed by atoms with Crippen molar-refractivity contribution >= 4 is 5.91 Å². The van der Waals surface area contributed by atoms with Gasteiger partial charge in [-0.2, -0.15) is 0 Å². The van der Waals surface area contributed by atoms with E-state index in [2.05, 4.69) is 34.0 Å². The summed E-state index contributed by atoms with van der Waals surface area (Å²) in [5, 5.41) is 6.08. The SMILES string of the molecule is CNC(=O)C(CC(C)C)NCc1cncn1C1CC1. The zero-order chi connectivity index (χ0) is 13.8. The van der Waals surface area contributed by atoms with Crippen LogP contribution in [0.15, 0.2) is 12.5 Å². The number of carbonyl (C=O) groups excluding carboxylic acids is 1. The van der Waals surface area contributed by atoms with Crippen molar-refractivity contribution in [1.82, 2.24) is 20.2 Å². The molecule has 1 atom stereocenters. The van der Waals surface area contributed by atoms with Gasteiger partial charge in [0.15, 0.2) is 0 Å². The lowest BCUT2D eigenvalue weighted by molar-refractivity contribution is -0.123. The summed E-state index contributed by atoms with van der Waals surface area (Å²) in [4.78, 5) is 16.1. The van der Waals surface area contributed by atoms with Gasteiger partial charge in [-0.1, -0.05) is 13.8 Å². The Kier molecular flexibility index (Phi) is 4.58. The highest BCUT2D eigenvalue weighted by Gasteiger charge is 2.25. The Labute approximate surface area is 114 Å². The number of carbonyl (C=O) groups is 1. The molecule has 1 heterocycles. The molecule has 2 rings (SSSR count). The molecule has 5 heteroatoms. The molecule has 1 unspecified atom stereocenters. The average molecular weight is 264 g/mol. The van der Waals surface area contributed by atoms with Gasteiger partial charge >= 0.3 is 0 Å². The molecule has 0 radical (unpaired) electrons. The first-order valence-corrected chi connectivity index (χ1v) is 7.07. The predicted molar refractivity (Wildman–Crippen MR) is 74.6 cm³/mol. The van der Waals surface area contributed by atoms with Gasteiger partial charge in [-0.05, 0) is 25.2 Å². The molecule has 0 aromatic carbocycles. The van der Waals surface area contributed by atoms with Gasteiger partial charge in [0.2, 0.25) is 5.91 Å². The number of imidazole rings is 1. The van der Waals surface area contributed by atoms with Crippen LogP contribution in [-0.4, -0.2) is 28.5 Å². The van der Waals surface area contributed by atoms with E-state index in [1.54, 1.807) is 7.05 Å². The van der Waals surface area contributed by atoms with Crippen LogP contribution in [0.5, 0.6) is 0 Å². The Bertz CT molecular complexity index is 423. The van der Waals surface area contributed by atoms with Crippen molar-refractivity contribution in [2.24, 2.45) is 5.92 Å². The van der Waals surface area contributed by atoms with Gasteiger partial charge in [0.1, 0.15) is 0 Å². The van der Waals surface area contributed by atoms with E-state index in [-0.39, 0.29) is 11.9 Å². The van der Waals surface area contributed by atoms with E-state index in [9.17, 15) is 4.79 Å². The summed E-state index contributed by atoms with van der Waals surface area (Å²) in [6.45, 7) is 4.96. The number of hydrogen-bond donors (Lipinski definition) is 2. The first-order chi connectivity index (χ1) is 9.11. The number of hydrogen-bond acceptors (Lipinski definition) is 3. The van der Waals surface area contributed by atoms with Gasteiger partial charge < -0.3 is 15.2 Å². The van der Waals surface area contributed by atoms with Crippen molar-refractivity contribution in [3.05, 3.63) is 18.2 Å². The van der Waals surface area contributed by atoms with Gasteiger partial charge in [0, 0.05) is 25.8 Å². The molecular formula is C14H24N4O. The van der Waals surface area contributed by atoms with Gasteiger partial charge in [0.25, 0.3) is 0 Å². The monoisotopic (exact) mass is 264 g/mol. The third kappa shape index (κ3) is 3.80. The van der Waals surface area contributed by atoms with Crippen molar-refractivity contribution in [3.63, 3.8) is 0 Å². The molecule has 106 valence electrons. The maximum Gasteiger partial charge on any atom is 0.236 e.